The molecular weight excluding hydrogens is 483 g/mol. The number of hydrogen-bond donors (Lipinski definition) is 1. The van der Waals surface area contributed by atoms with Crippen LogP contribution in [0.1, 0.15) is 51.9 Å². The van der Waals surface area contributed by atoms with Crippen molar-refractivity contribution >= 4 is 17.7 Å². The molecule has 0 amide bonds. The van der Waals surface area contributed by atoms with E-state index >= 15 is 0 Å². The first-order valence-electron chi connectivity index (χ1n) is 13.0. The SMILES string of the molecule is CCCCCCCCC(Sc1nc(-c2ccccc2)c(-c2ccccc2)n1-c1ccc(F)cc1)C(=O)O. The summed E-state index contributed by atoms with van der Waals surface area (Å²) in [5, 5.41) is 10.0. The second-order valence-corrected chi connectivity index (χ2v) is 10.3. The summed E-state index contributed by atoms with van der Waals surface area (Å²) in [7, 11) is 0. The molecule has 4 aromatic rings. The number of unbranched alkanes of at least 4 members (excludes halogenated alkanes) is 5. The van der Waals surface area contributed by atoms with Gasteiger partial charge in [0.05, 0.1) is 11.4 Å². The van der Waals surface area contributed by atoms with Gasteiger partial charge in [-0.2, -0.15) is 0 Å². The molecule has 0 fully saturated rings. The Kier molecular flexibility index (Phi) is 9.55. The van der Waals surface area contributed by atoms with Crippen molar-refractivity contribution in [2.24, 2.45) is 0 Å². The Morgan fingerprint density at radius 2 is 1.46 bits per heavy atom. The van der Waals surface area contributed by atoms with Crippen LogP contribution in [0.4, 0.5) is 4.39 Å². The molecule has 0 saturated heterocycles. The minimum atomic E-state index is -0.838. The van der Waals surface area contributed by atoms with Gasteiger partial charge in [0.15, 0.2) is 5.16 Å². The van der Waals surface area contributed by atoms with E-state index in [1.165, 1.54) is 43.2 Å². The Bertz CT molecular complexity index is 1270. The van der Waals surface area contributed by atoms with Crippen LogP contribution in [-0.2, 0) is 4.79 Å². The minimum absolute atomic E-state index is 0.325. The van der Waals surface area contributed by atoms with E-state index < -0.39 is 11.2 Å². The first-order chi connectivity index (χ1) is 18.1. The van der Waals surface area contributed by atoms with Gasteiger partial charge in [0.1, 0.15) is 11.1 Å². The number of halogens is 1. The highest BCUT2D eigenvalue weighted by molar-refractivity contribution is 8.00. The van der Waals surface area contributed by atoms with Gasteiger partial charge in [0.2, 0.25) is 0 Å². The zero-order chi connectivity index (χ0) is 26.0. The normalized spacial score (nSPS) is 11.9. The van der Waals surface area contributed by atoms with Crippen LogP contribution in [0.2, 0.25) is 0 Å². The molecule has 4 rings (SSSR count). The molecule has 192 valence electrons. The monoisotopic (exact) mass is 516 g/mol. The number of aliphatic carboxylic acids is 1. The Labute approximate surface area is 222 Å². The average molecular weight is 517 g/mol. The van der Waals surface area contributed by atoms with Gasteiger partial charge in [0, 0.05) is 16.8 Å². The summed E-state index contributed by atoms with van der Waals surface area (Å²) in [5.41, 5.74) is 4.24. The maximum absolute atomic E-state index is 13.9. The van der Waals surface area contributed by atoms with Crippen molar-refractivity contribution in [3.63, 3.8) is 0 Å². The maximum atomic E-state index is 13.9. The lowest BCUT2D eigenvalue weighted by Crippen LogP contribution is -2.17. The van der Waals surface area contributed by atoms with Gasteiger partial charge < -0.3 is 5.11 Å². The first-order valence-corrected chi connectivity index (χ1v) is 13.9. The molecule has 6 heteroatoms. The molecule has 3 aromatic carbocycles. The van der Waals surface area contributed by atoms with Gasteiger partial charge in [-0.3, -0.25) is 9.36 Å². The lowest BCUT2D eigenvalue weighted by atomic mass is 10.0. The number of benzene rings is 3. The van der Waals surface area contributed by atoms with Gasteiger partial charge in [0.25, 0.3) is 0 Å². The van der Waals surface area contributed by atoms with E-state index in [1.54, 1.807) is 12.1 Å². The lowest BCUT2D eigenvalue weighted by Gasteiger charge is -2.16. The predicted octanol–water partition coefficient (Wildman–Crippen LogP) is 8.64. The largest absolute Gasteiger partial charge is 0.480 e. The third-order valence-corrected chi connectivity index (χ3v) is 7.58. The van der Waals surface area contributed by atoms with E-state index in [9.17, 15) is 14.3 Å². The van der Waals surface area contributed by atoms with E-state index in [1.807, 2.05) is 65.2 Å². The van der Waals surface area contributed by atoms with E-state index in [0.717, 1.165) is 47.5 Å². The summed E-state index contributed by atoms with van der Waals surface area (Å²) in [6.45, 7) is 2.19. The smallest absolute Gasteiger partial charge is 0.317 e. The highest BCUT2D eigenvalue weighted by Crippen LogP contribution is 2.40. The number of carbonyl (C=O) groups is 1. The maximum Gasteiger partial charge on any atom is 0.317 e. The Morgan fingerprint density at radius 3 is 2.08 bits per heavy atom. The lowest BCUT2D eigenvalue weighted by molar-refractivity contribution is -0.136. The molecule has 0 spiro atoms. The molecule has 37 heavy (non-hydrogen) atoms. The molecule has 0 aliphatic carbocycles. The second-order valence-electron chi connectivity index (χ2n) is 9.14. The summed E-state index contributed by atoms with van der Waals surface area (Å²) in [6.07, 6.45) is 7.19. The number of aromatic nitrogens is 2. The van der Waals surface area contributed by atoms with Gasteiger partial charge in [-0.1, -0.05) is 118 Å². The first kappa shape index (κ1) is 26.7. The quantitative estimate of drug-likeness (QED) is 0.143. The van der Waals surface area contributed by atoms with Crippen LogP contribution in [-0.4, -0.2) is 25.9 Å². The highest BCUT2D eigenvalue weighted by Gasteiger charge is 2.26. The van der Waals surface area contributed by atoms with Crippen molar-refractivity contribution in [3.8, 4) is 28.2 Å². The molecule has 0 radical (unpaired) electrons. The molecule has 1 heterocycles. The fourth-order valence-corrected chi connectivity index (χ4v) is 5.52. The second kappa shape index (κ2) is 13.2. The molecular formula is C31H33FN2O2S. The molecule has 4 nitrogen and oxygen atoms in total. The van der Waals surface area contributed by atoms with Crippen molar-refractivity contribution in [1.82, 2.24) is 9.55 Å². The molecule has 0 bridgehead atoms. The van der Waals surface area contributed by atoms with Crippen molar-refractivity contribution in [2.75, 3.05) is 0 Å². The van der Waals surface area contributed by atoms with E-state index in [0.29, 0.717) is 11.6 Å². The van der Waals surface area contributed by atoms with E-state index in [2.05, 4.69) is 6.92 Å². The van der Waals surface area contributed by atoms with Gasteiger partial charge in [-0.05, 0) is 30.7 Å². The number of hydrogen-bond acceptors (Lipinski definition) is 3. The summed E-state index contributed by atoms with van der Waals surface area (Å²) in [6, 6.07) is 26.1. The van der Waals surface area contributed by atoms with Gasteiger partial charge in [-0.25, -0.2) is 9.37 Å². The van der Waals surface area contributed by atoms with Crippen LogP contribution in [0.5, 0.6) is 0 Å². The van der Waals surface area contributed by atoms with Gasteiger partial charge in [-0.15, -0.1) is 0 Å². The van der Waals surface area contributed by atoms with Gasteiger partial charge >= 0.3 is 5.97 Å². The number of nitrogens with zero attached hydrogens (tertiary/aromatic N) is 2. The molecule has 0 aliphatic rings. The van der Waals surface area contributed by atoms with Crippen molar-refractivity contribution in [2.45, 2.75) is 62.3 Å². The Balaban J connectivity index is 1.77. The Hall–Kier alpha value is -3.38. The van der Waals surface area contributed by atoms with Crippen molar-refractivity contribution < 1.29 is 14.3 Å². The number of carboxylic acid groups (broad SMARTS) is 1. The summed E-state index contributed by atoms with van der Waals surface area (Å²) < 4.78 is 15.8. The average Bonchev–Trinajstić information content (AvgIpc) is 3.30. The van der Waals surface area contributed by atoms with E-state index in [4.69, 9.17) is 4.98 Å². The van der Waals surface area contributed by atoms with Crippen LogP contribution >= 0.6 is 11.8 Å². The van der Waals surface area contributed by atoms with Crippen molar-refractivity contribution in [3.05, 3.63) is 90.7 Å². The number of carboxylic acids is 1. The number of imidazole rings is 1. The summed E-state index contributed by atoms with van der Waals surface area (Å²) >= 11 is 1.27. The fraction of sp³-hybridized carbons (Fsp3) is 0.290. The standard InChI is InChI=1S/C31H33FN2O2S/c1-2-3-4-5-6-13-18-27(30(35)36)37-31-33-28(23-14-9-7-10-15-23)29(24-16-11-8-12-17-24)34(31)26-21-19-25(32)20-22-26/h7-12,14-17,19-22,27H,2-6,13,18H2,1H3,(H,35,36). The van der Waals surface area contributed by atoms with Crippen LogP contribution in [0.15, 0.2) is 90.1 Å². The molecule has 1 N–H and O–H groups in total. The topological polar surface area (TPSA) is 55.1 Å². The van der Waals surface area contributed by atoms with Crippen LogP contribution in [0.25, 0.3) is 28.2 Å². The van der Waals surface area contributed by atoms with Crippen LogP contribution < -0.4 is 0 Å². The molecule has 0 saturated carbocycles. The molecule has 1 unspecified atom stereocenters. The molecule has 1 aromatic heterocycles. The van der Waals surface area contributed by atoms with Crippen LogP contribution in [0.3, 0.4) is 0 Å². The number of rotatable bonds is 13. The third kappa shape index (κ3) is 6.89. The zero-order valence-corrected chi connectivity index (χ0v) is 22.0. The minimum Gasteiger partial charge on any atom is -0.480 e. The Morgan fingerprint density at radius 1 is 0.865 bits per heavy atom. The summed E-state index contributed by atoms with van der Waals surface area (Å²) in [5.74, 6) is -1.16. The van der Waals surface area contributed by atoms with E-state index in [-0.39, 0.29) is 5.82 Å². The van der Waals surface area contributed by atoms with Crippen molar-refractivity contribution in [1.29, 1.82) is 0 Å². The number of thioether (sulfide) groups is 1. The third-order valence-electron chi connectivity index (χ3n) is 6.37. The predicted molar refractivity (Wildman–Crippen MR) is 150 cm³/mol. The zero-order valence-electron chi connectivity index (χ0n) is 21.1. The van der Waals surface area contributed by atoms with Crippen LogP contribution in [0, 0.1) is 5.82 Å². The summed E-state index contributed by atoms with van der Waals surface area (Å²) in [4.78, 5) is 17.3. The highest BCUT2D eigenvalue weighted by atomic mass is 32.2. The molecule has 1 atom stereocenters. The fourth-order valence-electron chi connectivity index (χ4n) is 4.44. The molecule has 0 aliphatic heterocycles.